The summed E-state index contributed by atoms with van der Waals surface area (Å²) in [5.74, 6) is 0. The molecule has 0 aliphatic heterocycles. The summed E-state index contributed by atoms with van der Waals surface area (Å²) >= 11 is 0. The summed E-state index contributed by atoms with van der Waals surface area (Å²) in [5.41, 5.74) is 9.98. The van der Waals surface area contributed by atoms with E-state index in [-0.39, 0.29) is 24.8 Å². The predicted octanol–water partition coefficient (Wildman–Crippen LogP) is 2.79. The molecule has 0 spiro atoms. The Balaban J connectivity index is 0.00000128. The van der Waals surface area contributed by atoms with Gasteiger partial charge in [-0.15, -0.1) is 24.8 Å². The number of benzene rings is 1. The lowest BCUT2D eigenvalue weighted by atomic mass is 10.2. The number of nitrogens with two attached hydrogens (primary N) is 1. The third-order valence-electron chi connectivity index (χ3n) is 2.40. The first-order chi connectivity index (χ1) is 7.20. The monoisotopic (exact) mass is 273 g/mol. The van der Waals surface area contributed by atoms with Crippen molar-refractivity contribution in [2.75, 3.05) is 0 Å². The third kappa shape index (κ3) is 3.46. The average Bonchev–Trinajstić information content (AvgIpc) is 2.58. The minimum absolute atomic E-state index is 0. The number of rotatable bonds is 2. The van der Waals surface area contributed by atoms with Gasteiger partial charge < -0.3 is 5.73 Å². The van der Waals surface area contributed by atoms with Crippen molar-refractivity contribution in [1.29, 1.82) is 0 Å². The summed E-state index contributed by atoms with van der Waals surface area (Å²) in [5, 5.41) is 4.43. The second kappa shape index (κ2) is 6.64. The van der Waals surface area contributed by atoms with Crippen LogP contribution in [0.1, 0.15) is 17.0 Å². The Morgan fingerprint density at radius 3 is 2.41 bits per heavy atom. The first-order valence-corrected chi connectivity index (χ1v) is 5.03. The fraction of sp³-hybridized carbons (Fsp3) is 0.250. The van der Waals surface area contributed by atoms with Crippen LogP contribution in [0.5, 0.6) is 0 Å². The molecule has 0 fully saturated rings. The zero-order valence-corrected chi connectivity index (χ0v) is 11.5. The van der Waals surface area contributed by atoms with Gasteiger partial charge in [0.15, 0.2) is 0 Å². The Hall–Kier alpha value is -1.03. The molecule has 0 bridgehead atoms. The highest BCUT2D eigenvalue weighted by Crippen LogP contribution is 2.13. The van der Waals surface area contributed by atoms with E-state index in [1.54, 1.807) is 0 Å². The molecule has 0 saturated heterocycles. The van der Waals surface area contributed by atoms with E-state index in [1.807, 2.05) is 29.8 Å². The van der Waals surface area contributed by atoms with Gasteiger partial charge >= 0.3 is 0 Å². The van der Waals surface area contributed by atoms with E-state index in [9.17, 15) is 0 Å². The van der Waals surface area contributed by atoms with E-state index >= 15 is 0 Å². The molecule has 0 amide bonds. The Kier molecular flexibility index (Phi) is 6.24. The smallest absolute Gasteiger partial charge is 0.0651 e. The molecule has 2 aromatic rings. The van der Waals surface area contributed by atoms with Crippen LogP contribution in [0.3, 0.4) is 0 Å². The highest BCUT2D eigenvalue weighted by atomic mass is 35.5. The maximum Gasteiger partial charge on any atom is 0.0651 e. The SMILES string of the molecule is Cc1cc(C)n(-c2cccc(CN)c2)n1.Cl.Cl. The maximum absolute atomic E-state index is 5.61. The van der Waals surface area contributed by atoms with E-state index in [4.69, 9.17) is 5.73 Å². The Morgan fingerprint density at radius 2 is 1.88 bits per heavy atom. The van der Waals surface area contributed by atoms with Gasteiger partial charge in [0.05, 0.1) is 11.4 Å². The van der Waals surface area contributed by atoms with Gasteiger partial charge in [-0.25, -0.2) is 4.68 Å². The predicted molar refractivity (Wildman–Crippen MR) is 75.4 cm³/mol. The van der Waals surface area contributed by atoms with Gasteiger partial charge in [0, 0.05) is 12.2 Å². The van der Waals surface area contributed by atoms with Crippen LogP contribution in [-0.2, 0) is 6.54 Å². The minimum Gasteiger partial charge on any atom is -0.326 e. The summed E-state index contributed by atoms with van der Waals surface area (Å²) in [7, 11) is 0. The summed E-state index contributed by atoms with van der Waals surface area (Å²) in [6, 6.07) is 10.2. The van der Waals surface area contributed by atoms with Crippen LogP contribution in [-0.4, -0.2) is 9.78 Å². The topological polar surface area (TPSA) is 43.8 Å². The molecule has 3 nitrogen and oxygen atoms in total. The third-order valence-corrected chi connectivity index (χ3v) is 2.40. The lowest BCUT2D eigenvalue weighted by molar-refractivity contribution is 0.831. The van der Waals surface area contributed by atoms with Gasteiger partial charge in [0.1, 0.15) is 0 Å². The summed E-state index contributed by atoms with van der Waals surface area (Å²) in [6.45, 7) is 4.61. The number of aryl methyl sites for hydroxylation is 2. The van der Waals surface area contributed by atoms with E-state index < -0.39 is 0 Å². The summed E-state index contributed by atoms with van der Waals surface area (Å²) in [4.78, 5) is 0. The Bertz CT molecular complexity index is 480. The van der Waals surface area contributed by atoms with E-state index in [2.05, 4.69) is 24.2 Å². The number of hydrogen-bond donors (Lipinski definition) is 1. The molecular formula is C12H17Cl2N3. The van der Waals surface area contributed by atoms with E-state index in [1.165, 1.54) is 0 Å². The van der Waals surface area contributed by atoms with Crippen LogP contribution in [0.4, 0.5) is 0 Å². The number of halogens is 2. The zero-order chi connectivity index (χ0) is 10.8. The van der Waals surface area contributed by atoms with Gasteiger partial charge in [0.25, 0.3) is 0 Å². The van der Waals surface area contributed by atoms with Crippen LogP contribution in [0.25, 0.3) is 5.69 Å². The highest BCUT2D eigenvalue weighted by Gasteiger charge is 2.03. The molecule has 0 aliphatic rings. The summed E-state index contributed by atoms with van der Waals surface area (Å²) in [6.07, 6.45) is 0. The Labute approximate surface area is 114 Å². The minimum atomic E-state index is 0. The number of aromatic nitrogens is 2. The molecule has 1 aromatic heterocycles. The number of hydrogen-bond acceptors (Lipinski definition) is 2. The summed E-state index contributed by atoms with van der Waals surface area (Å²) < 4.78 is 1.94. The lowest BCUT2D eigenvalue weighted by Gasteiger charge is -2.05. The van der Waals surface area contributed by atoms with Gasteiger partial charge in [-0.05, 0) is 37.6 Å². The molecule has 0 unspecified atom stereocenters. The first-order valence-electron chi connectivity index (χ1n) is 5.03. The zero-order valence-electron chi connectivity index (χ0n) is 9.88. The largest absolute Gasteiger partial charge is 0.326 e. The molecule has 0 aliphatic carbocycles. The van der Waals surface area contributed by atoms with E-state index in [0.717, 1.165) is 22.6 Å². The van der Waals surface area contributed by atoms with Crippen LogP contribution in [0.15, 0.2) is 30.3 Å². The van der Waals surface area contributed by atoms with Crippen molar-refractivity contribution in [3.63, 3.8) is 0 Å². The van der Waals surface area contributed by atoms with Crippen LogP contribution < -0.4 is 5.73 Å². The molecule has 0 radical (unpaired) electrons. The molecule has 5 heteroatoms. The second-order valence-corrected chi connectivity index (χ2v) is 3.71. The van der Waals surface area contributed by atoms with Crippen molar-refractivity contribution < 1.29 is 0 Å². The molecule has 2 rings (SSSR count). The molecule has 0 saturated carbocycles. The van der Waals surface area contributed by atoms with Crippen molar-refractivity contribution in [3.8, 4) is 5.69 Å². The molecule has 17 heavy (non-hydrogen) atoms. The van der Waals surface area contributed by atoms with Crippen molar-refractivity contribution in [1.82, 2.24) is 9.78 Å². The molecule has 2 N–H and O–H groups in total. The first kappa shape index (κ1) is 16.0. The van der Waals surface area contributed by atoms with Crippen LogP contribution >= 0.6 is 24.8 Å². The van der Waals surface area contributed by atoms with Gasteiger partial charge in [-0.1, -0.05) is 12.1 Å². The van der Waals surface area contributed by atoms with Crippen molar-refractivity contribution in [3.05, 3.63) is 47.3 Å². The lowest BCUT2D eigenvalue weighted by Crippen LogP contribution is -2.02. The quantitative estimate of drug-likeness (QED) is 0.915. The maximum atomic E-state index is 5.61. The Morgan fingerprint density at radius 1 is 1.18 bits per heavy atom. The molecular weight excluding hydrogens is 257 g/mol. The highest BCUT2D eigenvalue weighted by molar-refractivity contribution is 5.85. The van der Waals surface area contributed by atoms with Gasteiger partial charge in [0.2, 0.25) is 0 Å². The molecule has 1 aromatic carbocycles. The average molecular weight is 274 g/mol. The van der Waals surface area contributed by atoms with Crippen LogP contribution in [0.2, 0.25) is 0 Å². The fourth-order valence-corrected chi connectivity index (χ4v) is 1.71. The second-order valence-electron chi connectivity index (χ2n) is 3.71. The standard InChI is InChI=1S/C12H15N3.2ClH/c1-9-6-10(2)15(14-9)12-5-3-4-11(7-12)8-13;;/h3-7H,8,13H2,1-2H3;2*1H. The van der Waals surface area contributed by atoms with Gasteiger partial charge in [-0.2, -0.15) is 5.10 Å². The molecule has 1 heterocycles. The van der Waals surface area contributed by atoms with Crippen molar-refractivity contribution in [2.24, 2.45) is 5.73 Å². The normalized spacial score (nSPS) is 9.35. The fourth-order valence-electron chi connectivity index (χ4n) is 1.71. The van der Waals surface area contributed by atoms with E-state index in [0.29, 0.717) is 6.54 Å². The van der Waals surface area contributed by atoms with Crippen molar-refractivity contribution in [2.45, 2.75) is 20.4 Å². The van der Waals surface area contributed by atoms with Gasteiger partial charge in [-0.3, -0.25) is 0 Å². The molecule has 0 atom stereocenters. The van der Waals surface area contributed by atoms with Crippen LogP contribution in [0, 0.1) is 13.8 Å². The molecule has 94 valence electrons. The van der Waals surface area contributed by atoms with Crippen molar-refractivity contribution >= 4 is 24.8 Å². The number of nitrogens with zero attached hydrogens (tertiary/aromatic N) is 2.